The summed E-state index contributed by atoms with van der Waals surface area (Å²) in [6, 6.07) is 5.43. The molecule has 0 aliphatic carbocycles. The fraction of sp³-hybridized carbons (Fsp3) is 0.462. The number of piperidine rings is 1. The Labute approximate surface area is 220 Å². The average Bonchev–Trinajstić information content (AvgIpc) is 2.90. The van der Waals surface area contributed by atoms with Gasteiger partial charge in [-0.05, 0) is 69.9 Å². The lowest BCUT2D eigenvalue weighted by Gasteiger charge is -2.39. The highest BCUT2D eigenvalue weighted by Crippen LogP contribution is 2.41. The zero-order valence-corrected chi connectivity index (χ0v) is 21.8. The highest BCUT2D eigenvalue weighted by atomic mass is 35.5. The third-order valence-corrected chi connectivity index (χ3v) is 8.27. The highest BCUT2D eigenvalue weighted by Gasteiger charge is 2.41. The third-order valence-electron chi connectivity index (χ3n) is 6.97. The van der Waals surface area contributed by atoms with E-state index in [0.717, 1.165) is 36.8 Å². The van der Waals surface area contributed by atoms with E-state index in [0.29, 0.717) is 52.9 Å². The minimum Gasteiger partial charge on any atom is -0.497 e. The SMILES string of the molecule is COc1ccc2ncc(Cl)c([C@@H](O)CCC3(C(=O)O)CCN(CCCSc4cnccn4)CC3)c2c1. The molecule has 2 aromatic heterocycles. The Kier molecular flexibility index (Phi) is 9.00. The summed E-state index contributed by atoms with van der Waals surface area (Å²) in [7, 11) is 1.58. The summed E-state index contributed by atoms with van der Waals surface area (Å²) < 4.78 is 5.33. The topological polar surface area (TPSA) is 109 Å². The Morgan fingerprint density at radius 1 is 1.25 bits per heavy atom. The van der Waals surface area contributed by atoms with Crippen molar-refractivity contribution in [2.24, 2.45) is 5.41 Å². The van der Waals surface area contributed by atoms with E-state index < -0.39 is 17.5 Å². The number of benzene rings is 1. The number of ether oxygens (including phenoxy) is 1. The van der Waals surface area contributed by atoms with Crippen LogP contribution < -0.4 is 4.74 Å². The minimum atomic E-state index is -0.900. The molecule has 0 spiro atoms. The van der Waals surface area contributed by atoms with E-state index in [2.05, 4.69) is 19.9 Å². The molecule has 1 fully saturated rings. The molecule has 0 amide bonds. The van der Waals surface area contributed by atoms with Gasteiger partial charge in [-0.15, -0.1) is 11.8 Å². The second-order valence-corrected chi connectivity index (χ2v) is 10.7. The maximum atomic E-state index is 12.3. The molecule has 1 aromatic carbocycles. The number of methoxy groups -OCH3 is 1. The van der Waals surface area contributed by atoms with E-state index in [1.165, 1.54) is 6.20 Å². The maximum absolute atomic E-state index is 12.3. The number of halogens is 1. The van der Waals surface area contributed by atoms with Gasteiger partial charge in [0.1, 0.15) is 10.8 Å². The number of aliphatic carboxylic acids is 1. The number of carbonyl (C=O) groups is 1. The number of carboxylic acid groups (broad SMARTS) is 1. The molecule has 0 saturated carbocycles. The van der Waals surface area contributed by atoms with Crippen LogP contribution in [0.1, 0.15) is 43.8 Å². The van der Waals surface area contributed by atoms with E-state index in [4.69, 9.17) is 16.3 Å². The molecule has 3 heterocycles. The summed E-state index contributed by atoms with van der Waals surface area (Å²) in [5, 5.41) is 23.2. The van der Waals surface area contributed by atoms with Gasteiger partial charge in [-0.1, -0.05) is 11.6 Å². The van der Waals surface area contributed by atoms with Crippen molar-refractivity contribution in [3.05, 3.63) is 53.6 Å². The van der Waals surface area contributed by atoms with Crippen molar-refractivity contribution in [1.82, 2.24) is 19.9 Å². The van der Waals surface area contributed by atoms with Crippen LogP contribution in [0.15, 0.2) is 48.0 Å². The van der Waals surface area contributed by atoms with Gasteiger partial charge in [-0.2, -0.15) is 0 Å². The molecule has 36 heavy (non-hydrogen) atoms. The number of aliphatic hydroxyl groups is 1. The van der Waals surface area contributed by atoms with Gasteiger partial charge in [0.2, 0.25) is 0 Å². The molecule has 3 aromatic rings. The van der Waals surface area contributed by atoms with Crippen LogP contribution in [0.2, 0.25) is 5.02 Å². The Morgan fingerprint density at radius 2 is 2.06 bits per heavy atom. The molecular weight excluding hydrogens is 500 g/mol. The Hall–Kier alpha value is -2.46. The highest BCUT2D eigenvalue weighted by molar-refractivity contribution is 7.99. The number of rotatable bonds is 11. The predicted molar refractivity (Wildman–Crippen MR) is 141 cm³/mol. The van der Waals surface area contributed by atoms with E-state index in [1.54, 1.807) is 49.6 Å². The number of fused-ring (bicyclic) bond motifs is 1. The van der Waals surface area contributed by atoms with Crippen LogP contribution in [0.3, 0.4) is 0 Å². The third kappa shape index (κ3) is 6.26. The molecule has 2 N–H and O–H groups in total. The summed E-state index contributed by atoms with van der Waals surface area (Å²) in [5.41, 5.74) is 0.422. The molecular formula is C26H31ClN4O4S. The van der Waals surface area contributed by atoms with E-state index >= 15 is 0 Å². The van der Waals surface area contributed by atoms with Crippen molar-refractivity contribution in [2.45, 2.75) is 43.2 Å². The number of carboxylic acids is 1. The molecule has 1 aliphatic heterocycles. The minimum absolute atomic E-state index is 0.303. The van der Waals surface area contributed by atoms with Gasteiger partial charge in [0.15, 0.2) is 0 Å². The van der Waals surface area contributed by atoms with Crippen LogP contribution in [-0.4, -0.2) is 68.5 Å². The normalized spacial score (nSPS) is 16.6. The van der Waals surface area contributed by atoms with Crippen molar-refractivity contribution in [1.29, 1.82) is 0 Å². The standard InChI is InChI=1S/C26H31ClN4O4S/c1-35-18-3-4-21-19(15-18)24(20(27)16-30-21)22(32)5-6-26(25(33)34)7-12-31(13-8-26)11-2-14-36-23-17-28-9-10-29-23/h3-4,9-10,15-17,22,32H,2,5-8,11-14H2,1H3,(H,33,34)/t22-/m0/s1. The van der Waals surface area contributed by atoms with Gasteiger partial charge in [-0.3, -0.25) is 14.8 Å². The zero-order chi connectivity index (χ0) is 25.5. The lowest BCUT2D eigenvalue weighted by molar-refractivity contribution is -0.153. The first kappa shape index (κ1) is 26.6. The van der Waals surface area contributed by atoms with Gasteiger partial charge in [-0.25, -0.2) is 4.98 Å². The fourth-order valence-electron chi connectivity index (χ4n) is 4.79. The van der Waals surface area contributed by atoms with Crippen LogP contribution in [-0.2, 0) is 4.79 Å². The maximum Gasteiger partial charge on any atom is 0.309 e. The van der Waals surface area contributed by atoms with Gasteiger partial charge in [0, 0.05) is 35.3 Å². The second-order valence-electron chi connectivity index (χ2n) is 9.13. The molecule has 0 radical (unpaired) electrons. The van der Waals surface area contributed by atoms with Crippen molar-refractivity contribution >= 4 is 40.2 Å². The molecule has 192 valence electrons. The molecule has 0 bridgehead atoms. The van der Waals surface area contributed by atoms with Gasteiger partial charge < -0.3 is 19.8 Å². The van der Waals surface area contributed by atoms with Gasteiger partial charge >= 0.3 is 5.97 Å². The zero-order valence-electron chi connectivity index (χ0n) is 20.3. The molecule has 4 rings (SSSR count). The van der Waals surface area contributed by atoms with E-state index in [9.17, 15) is 15.0 Å². The number of aromatic nitrogens is 3. The summed E-state index contributed by atoms with van der Waals surface area (Å²) >= 11 is 8.12. The summed E-state index contributed by atoms with van der Waals surface area (Å²) in [4.78, 5) is 27.4. The summed E-state index contributed by atoms with van der Waals surface area (Å²) in [6.07, 6.45) is 8.55. The number of aliphatic hydroxyl groups excluding tert-OH is 1. The second kappa shape index (κ2) is 12.2. The number of likely N-dealkylation sites (tertiary alicyclic amines) is 1. The van der Waals surface area contributed by atoms with Gasteiger partial charge in [0.25, 0.3) is 0 Å². The largest absolute Gasteiger partial charge is 0.497 e. The van der Waals surface area contributed by atoms with Crippen LogP contribution in [0.25, 0.3) is 10.9 Å². The van der Waals surface area contributed by atoms with Crippen LogP contribution in [0.5, 0.6) is 5.75 Å². The van der Waals surface area contributed by atoms with Crippen LogP contribution in [0.4, 0.5) is 0 Å². The number of hydrogen-bond acceptors (Lipinski definition) is 8. The van der Waals surface area contributed by atoms with Crippen LogP contribution in [0, 0.1) is 5.41 Å². The summed E-state index contributed by atoms with van der Waals surface area (Å²) in [6.45, 7) is 2.38. The Balaban J connectivity index is 1.34. The van der Waals surface area contributed by atoms with Crippen LogP contribution >= 0.6 is 23.4 Å². The van der Waals surface area contributed by atoms with Crippen molar-refractivity contribution in [3.8, 4) is 5.75 Å². The molecule has 10 heteroatoms. The fourth-order valence-corrected chi connectivity index (χ4v) is 5.82. The monoisotopic (exact) mass is 530 g/mol. The first-order valence-electron chi connectivity index (χ1n) is 12.1. The smallest absolute Gasteiger partial charge is 0.309 e. The Morgan fingerprint density at radius 3 is 2.75 bits per heavy atom. The number of hydrogen-bond donors (Lipinski definition) is 2. The van der Waals surface area contributed by atoms with Crippen molar-refractivity contribution < 1.29 is 19.7 Å². The van der Waals surface area contributed by atoms with E-state index in [-0.39, 0.29) is 0 Å². The number of nitrogens with zero attached hydrogens (tertiary/aromatic N) is 4. The first-order chi connectivity index (χ1) is 17.4. The molecule has 1 saturated heterocycles. The predicted octanol–water partition coefficient (Wildman–Crippen LogP) is 4.85. The quantitative estimate of drug-likeness (QED) is 0.265. The average molecular weight is 531 g/mol. The number of pyridine rings is 1. The van der Waals surface area contributed by atoms with E-state index in [1.807, 2.05) is 6.07 Å². The first-order valence-corrected chi connectivity index (χ1v) is 13.4. The van der Waals surface area contributed by atoms with Crippen molar-refractivity contribution in [3.63, 3.8) is 0 Å². The Bertz CT molecular complexity index is 1180. The number of thioether (sulfide) groups is 1. The lowest BCUT2D eigenvalue weighted by atomic mass is 9.74. The molecule has 1 aliphatic rings. The van der Waals surface area contributed by atoms with Gasteiger partial charge in [0.05, 0.1) is 35.4 Å². The molecule has 8 nitrogen and oxygen atoms in total. The van der Waals surface area contributed by atoms with Crippen molar-refractivity contribution in [2.75, 3.05) is 32.5 Å². The summed E-state index contributed by atoms with van der Waals surface area (Å²) in [5.74, 6) is 0.793. The lowest BCUT2D eigenvalue weighted by Crippen LogP contribution is -2.44. The molecule has 1 atom stereocenters. The molecule has 0 unspecified atom stereocenters.